The van der Waals surface area contributed by atoms with E-state index in [1.807, 2.05) is 0 Å². The largest absolute Gasteiger partial charge is 0.346 e. The van der Waals surface area contributed by atoms with Crippen LogP contribution >= 0.6 is 0 Å². The molecule has 0 aromatic carbocycles. The predicted molar refractivity (Wildman–Crippen MR) is 80.1 cm³/mol. The first kappa shape index (κ1) is 14.4. The molecule has 1 saturated heterocycles. The van der Waals surface area contributed by atoms with E-state index in [2.05, 4.69) is 24.2 Å². The van der Waals surface area contributed by atoms with Crippen LogP contribution in [0.15, 0.2) is 0 Å². The van der Waals surface area contributed by atoms with Crippen LogP contribution in [0.2, 0.25) is 5.82 Å². The number of hydrogen-bond donors (Lipinski definition) is 0. The molecular weight excluding hydrogens is 219 g/mol. The van der Waals surface area contributed by atoms with Crippen molar-refractivity contribution in [2.45, 2.75) is 63.6 Å². The molecule has 0 N–H and O–H groups in total. The van der Waals surface area contributed by atoms with Gasteiger partial charge in [0.15, 0.2) is 0 Å². The second kappa shape index (κ2) is 8.21. The van der Waals surface area contributed by atoms with Crippen LogP contribution in [0.3, 0.4) is 0 Å². The van der Waals surface area contributed by atoms with Crippen LogP contribution in [-0.2, 0) is 0 Å². The van der Waals surface area contributed by atoms with Crippen LogP contribution in [0.25, 0.3) is 0 Å². The maximum atomic E-state index is 2.64. The summed E-state index contributed by atoms with van der Waals surface area (Å²) in [6, 6.07) is 0. The molecule has 0 aromatic heterocycles. The fraction of sp³-hybridized carbons (Fsp3) is 1.00. The van der Waals surface area contributed by atoms with Crippen molar-refractivity contribution in [1.82, 2.24) is 9.71 Å². The van der Waals surface area contributed by atoms with Crippen molar-refractivity contribution in [3.8, 4) is 0 Å². The average molecular weight is 249 g/mol. The van der Waals surface area contributed by atoms with Gasteiger partial charge in [-0.2, -0.15) is 0 Å². The van der Waals surface area contributed by atoms with E-state index in [0.717, 1.165) is 5.82 Å². The van der Waals surface area contributed by atoms with Gasteiger partial charge in [0.2, 0.25) is 7.41 Å². The van der Waals surface area contributed by atoms with Gasteiger partial charge in [0.25, 0.3) is 0 Å². The monoisotopic (exact) mass is 249 g/mol. The van der Waals surface area contributed by atoms with Gasteiger partial charge < -0.3 is 9.71 Å². The lowest BCUT2D eigenvalue weighted by atomic mass is 9.67. The third-order valence-electron chi connectivity index (χ3n) is 4.54. The molecule has 18 heavy (non-hydrogen) atoms. The van der Waals surface area contributed by atoms with Gasteiger partial charge in [-0.25, -0.2) is 0 Å². The van der Waals surface area contributed by atoms with Crippen molar-refractivity contribution in [2.24, 2.45) is 0 Å². The van der Waals surface area contributed by atoms with Crippen LogP contribution in [0.4, 0.5) is 0 Å². The first-order chi connectivity index (χ1) is 8.84. The Hall–Kier alpha value is -0.0151. The summed E-state index contributed by atoms with van der Waals surface area (Å²) in [5.74, 6) is 0.877. The third kappa shape index (κ3) is 5.32. The molecule has 0 atom stereocenters. The topological polar surface area (TPSA) is 6.48 Å². The van der Waals surface area contributed by atoms with Gasteiger partial charge >= 0.3 is 0 Å². The number of nitrogens with zero attached hydrogens (tertiary/aromatic N) is 2. The maximum Gasteiger partial charge on any atom is 0.211 e. The Balaban J connectivity index is 1.72. The van der Waals surface area contributed by atoms with E-state index in [0.29, 0.717) is 0 Å². The highest BCUT2D eigenvalue weighted by Crippen LogP contribution is 2.26. The summed E-state index contributed by atoms with van der Waals surface area (Å²) in [5, 5.41) is 0. The van der Waals surface area contributed by atoms with Crippen molar-refractivity contribution >= 4 is 7.41 Å². The third-order valence-corrected chi connectivity index (χ3v) is 4.54. The minimum absolute atomic E-state index is 0.877. The lowest BCUT2D eigenvalue weighted by Gasteiger charge is -2.31. The van der Waals surface area contributed by atoms with Gasteiger partial charge in [-0.15, -0.1) is 0 Å². The van der Waals surface area contributed by atoms with E-state index in [1.54, 1.807) is 0 Å². The van der Waals surface area contributed by atoms with E-state index < -0.39 is 0 Å². The Morgan fingerprint density at radius 3 is 1.89 bits per heavy atom. The Labute approximate surface area is 114 Å². The van der Waals surface area contributed by atoms with Gasteiger partial charge in [0.1, 0.15) is 0 Å². The van der Waals surface area contributed by atoms with Crippen LogP contribution in [0.5, 0.6) is 0 Å². The zero-order valence-electron chi connectivity index (χ0n) is 12.2. The minimum Gasteiger partial charge on any atom is -0.346 e. The highest BCUT2D eigenvalue weighted by Gasteiger charge is 2.18. The first-order valence-electron chi connectivity index (χ1n) is 8.12. The summed E-state index contributed by atoms with van der Waals surface area (Å²) in [6.07, 6.45) is 12.9. The minimum atomic E-state index is 0.877. The molecule has 2 aliphatic rings. The van der Waals surface area contributed by atoms with Crippen LogP contribution < -0.4 is 0 Å². The molecule has 3 heteroatoms. The number of rotatable bonds is 2. The van der Waals surface area contributed by atoms with Gasteiger partial charge in [0.05, 0.1) is 0 Å². The molecule has 103 valence electrons. The van der Waals surface area contributed by atoms with Gasteiger partial charge in [-0.1, -0.05) is 50.8 Å². The maximum absolute atomic E-state index is 2.64. The van der Waals surface area contributed by atoms with E-state index in [9.17, 15) is 0 Å². The standard InChI is InChI=1S/C15H30BN2/c1-17-11-7-13-18(14-8-12-17)16-15-9-5-3-2-4-6-10-15/h15H,2-14H2,1H3. The molecule has 2 nitrogen and oxygen atoms in total. The van der Waals surface area contributed by atoms with Gasteiger partial charge in [0, 0.05) is 0 Å². The zero-order chi connectivity index (χ0) is 12.6. The molecule has 2 rings (SSSR count). The highest BCUT2D eigenvalue weighted by molar-refractivity contribution is 6.34. The quantitative estimate of drug-likeness (QED) is 0.693. The molecule has 1 radical (unpaired) electrons. The fourth-order valence-electron chi connectivity index (χ4n) is 3.40. The van der Waals surface area contributed by atoms with Crippen molar-refractivity contribution in [3.63, 3.8) is 0 Å². The molecule has 0 amide bonds. The molecule has 1 saturated carbocycles. The van der Waals surface area contributed by atoms with Crippen LogP contribution in [-0.4, -0.2) is 50.4 Å². The summed E-state index contributed by atoms with van der Waals surface area (Å²) < 4.78 is 0. The van der Waals surface area contributed by atoms with E-state index in [-0.39, 0.29) is 0 Å². The van der Waals surface area contributed by atoms with Crippen LogP contribution in [0, 0.1) is 0 Å². The highest BCUT2D eigenvalue weighted by atomic mass is 15.1. The fourth-order valence-corrected chi connectivity index (χ4v) is 3.40. The molecular formula is C15H30BN2. The van der Waals surface area contributed by atoms with Crippen molar-refractivity contribution < 1.29 is 0 Å². The molecule has 1 aliphatic heterocycles. The summed E-state index contributed by atoms with van der Waals surface area (Å²) in [4.78, 5) is 5.12. The van der Waals surface area contributed by atoms with Crippen molar-refractivity contribution in [2.75, 3.05) is 33.2 Å². The zero-order valence-corrected chi connectivity index (χ0v) is 12.2. The SMILES string of the molecule is CN1CCCN([B]C2CCCCCCC2)CCC1. The normalized spacial score (nSPS) is 26.9. The predicted octanol–water partition coefficient (Wildman–Crippen LogP) is 3.17. The Kier molecular flexibility index (Phi) is 6.57. The Morgan fingerprint density at radius 1 is 0.722 bits per heavy atom. The summed E-state index contributed by atoms with van der Waals surface area (Å²) in [6.45, 7) is 5.10. The van der Waals surface area contributed by atoms with Crippen LogP contribution in [0.1, 0.15) is 57.8 Å². The summed E-state index contributed by atoms with van der Waals surface area (Å²) in [7, 11) is 4.87. The second-order valence-electron chi connectivity index (χ2n) is 6.30. The van der Waals surface area contributed by atoms with Crippen molar-refractivity contribution in [1.29, 1.82) is 0 Å². The molecule has 1 heterocycles. The van der Waals surface area contributed by atoms with E-state index in [1.165, 1.54) is 84.0 Å². The lowest BCUT2D eigenvalue weighted by Crippen LogP contribution is -2.38. The van der Waals surface area contributed by atoms with Gasteiger partial charge in [-0.3, -0.25) is 0 Å². The smallest absolute Gasteiger partial charge is 0.211 e. The summed E-state index contributed by atoms with van der Waals surface area (Å²) in [5.41, 5.74) is 0. The molecule has 0 spiro atoms. The summed E-state index contributed by atoms with van der Waals surface area (Å²) >= 11 is 0. The number of hydrogen-bond acceptors (Lipinski definition) is 2. The average Bonchev–Trinajstić information content (AvgIpc) is 2.29. The molecule has 0 unspecified atom stereocenters. The lowest BCUT2D eigenvalue weighted by molar-refractivity contribution is 0.262. The molecule has 2 fully saturated rings. The molecule has 0 bridgehead atoms. The Morgan fingerprint density at radius 2 is 1.28 bits per heavy atom. The van der Waals surface area contributed by atoms with E-state index in [4.69, 9.17) is 0 Å². The van der Waals surface area contributed by atoms with E-state index >= 15 is 0 Å². The Bertz CT molecular complexity index is 205. The molecule has 1 aliphatic carbocycles. The first-order valence-corrected chi connectivity index (χ1v) is 8.12. The van der Waals surface area contributed by atoms with Crippen molar-refractivity contribution in [3.05, 3.63) is 0 Å². The molecule has 0 aromatic rings. The van der Waals surface area contributed by atoms with Gasteiger partial charge in [-0.05, 0) is 46.1 Å². The second-order valence-corrected chi connectivity index (χ2v) is 6.30.